The van der Waals surface area contributed by atoms with E-state index in [0.29, 0.717) is 44.7 Å². The summed E-state index contributed by atoms with van der Waals surface area (Å²) in [4.78, 5) is 21.8. The number of ether oxygens (including phenoxy) is 1. The highest BCUT2D eigenvalue weighted by Gasteiger charge is 2.31. The van der Waals surface area contributed by atoms with Crippen molar-refractivity contribution in [2.75, 3.05) is 0 Å². The molecule has 1 aromatic carbocycles. The maximum absolute atomic E-state index is 12.9. The number of aryl methyl sites for hydroxylation is 1. The molecule has 0 bridgehead atoms. The van der Waals surface area contributed by atoms with Gasteiger partial charge in [0.2, 0.25) is 0 Å². The summed E-state index contributed by atoms with van der Waals surface area (Å²) in [5, 5.41) is 5.78. The van der Waals surface area contributed by atoms with E-state index in [9.17, 15) is 18.0 Å². The predicted octanol–water partition coefficient (Wildman–Crippen LogP) is 5.50. The van der Waals surface area contributed by atoms with Gasteiger partial charge in [0.1, 0.15) is 22.1 Å². The van der Waals surface area contributed by atoms with E-state index in [1.165, 1.54) is 35.6 Å². The van der Waals surface area contributed by atoms with Gasteiger partial charge in [-0.1, -0.05) is 18.5 Å². The lowest BCUT2D eigenvalue weighted by atomic mass is 10.2. The summed E-state index contributed by atoms with van der Waals surface area (Å²) in [5.74, 6) is -0.591. The van der Waals surface area contributed by atoms with Gasteiger partial charge in [-0.25, -0.2) is 9.97 Å². The molecule has 1 N–H and O–H groups in total. The Bertz CT molecular complexity index is 1270. The molecular weight excluding hydrogens is 465 g/mol. The van der Waals surface area contributed by atoms with Crippen LogP contribution in [0.5, 0.6) is 5.75 Å². The number of carbonyl (C=O) groups excluding carboxylic acids is 1. The molecule has 0 unspecified atom stereocenters. The molecule has 0 fully saturated rings. The molecule has 4 aromatic rings. The zero-order valence-corrected chi connectivity index (χ0v) is 18.2. The second-order valence-corrected chi connectivity index (χ2v) is 8.03. The van der Waals surface area contributed by atoms with Crippen molar-refractivity contribution in [1.29, 1.82) is 0 Å². The van der Waals surface area contributed by atoms with Crippen molar-refractivity contribution in [3.8, 4) is 16.3 Å². The number of alkyl halides is 3. The highest BCUT2D eigenvalue weighted by atomic mass is 35.5. The molecule has 32 heavy (non-hydrogen) atoms. The molecule has 1 amide bonds. The number of hydrogen-bond acceptors (Lipinski definition) is 5. The van der Waals surface area contributed by atoms with Crippen molar-refractivity contribution >= 4 is 34.5 Å². The van der Waals surface area contributed by atoms with Gasteiger partial charge in [0, 0.05) is 28.2 Å². The Morgan fingerprint density at radius 1 is 1.22 bits per heavy atom. The fourth-order valence-corrected chi connectivity index (χ4v) is 4.11. The molecule has 0 atom stereocenters. The standard InChI is InChI=1S/C21H16ClF3N4O2S/c1-2-16-18(29-8-7-13(22)9-17(29)28-16)19(30)26-10-14-11-32-20(27-14)12-3-5-15(6-4-12)31-21(23,24)25/h3-9,11H,2,10H2,1H3,(H,26,30). The van der Waals surface area contributed by atoms with E-state index in [-0.39, 0.29) is 18.2 Å². The lowest BCUT2D eigenvalue weighted by Crippen LogP contribution is -2.25. The van der Waals surface area contributed by atoms with Crippen molar-refractivity contribution in [3.05, 3.63) is 70.1 Å². The van der Waals surface area contributed by atoms with Crippen LogP contribution in [0.4, 0.5) is 13.2 Å². The second kappa shape index (κ2) is 8.79. The van der Waals surface area contributed by atoms with Crippen LogP contribution in [0.3, 0.4) is 0 Å². The average molecular weight is 481 g/mol. The van der Waals surface area contributed by atoms with Crippen LogP contribution < -0.4 is 10.1 Å². The van der Waals surface area contributed by atoms with E-state index < -0.39 is 6.36 Å². The second-order valence-electron chi connectivity index (χ2n) is 6.73. The third kappa shape index (κ3) is 4.86. The molecule has 0 aliphatic heterocycles. The summed E-state index contributed by atoms with van der Waals surface area (Å²) < 4.78 is 42.4. The number of halogens is 4. The van der Waals surface area contributed by atoms with Gasteiger partial charge in [-0.2, -0.15) is 0 Å². The van der Waals surface area contributed by atoms with E-state index in [1.807, 2.05) is 6.92 Å². The molecule has 0 saturated heterocycles. The predicted molar refractivity (Wildman–Crippen MR) is 115 cm³/mol. The van der Waals surface area contributed by atoms with Crippen molar-refractivity contribution in [2.45, 2.75) is 26.3 Å². The van der Waals surface area contributed by atoms with Gasteiger partial charge in [0.25, 0.3) is 5.91 Å². The number of carbonyl (C=O) groups is 1. The first-order valence-corrected chi connectivity index (χ1v) is 10.7. The third-order valence-corrected chi connectivity index (χ3v) is 5.70. The molecule has 11 heteroatoms. The molecular formula is C21H16ClF3N4O2S. The quantitative estimate of drug-likeness (QED) is 0.395. The van der Waals surface area contributed by atoms with Crippen LogP contribution in [0.15, 0.2) is 48.0 Å². The minimum absolute atomic E-state index is 0.189. The lowest BCUT2D eigenvalue weighted by molar-refractivity contribution is -0.274. The molecule has 3 aromatic heterocycles. The van der Waals surface area contributed by atoms with E-state index >= 15 is 0 Å². The molecule has 4 rings (SSSR count). The van der Waals surface area contributed by atoms with Crippen LogP contribution in [0.1, 0.15) is 28.8 Å². The third-order valence-electron chi connectivity index (χ3n) is 4.53. The summed E-state index contributed by atoms with van der Waals surface area (Å²) >= 11 is 7.34. The zero-order valence-electron chi connectivity index (χ0n) is 16.6. The van der Waals surface area contributed by atoms with Crippen LogP contribution in [0.2, 0.25) is 5.02 Å². The van der Waals surface area contributed by atoms with Gasteiger partial charge in [-0.15, -0.1) is 24.5 Å². The van der Waals surface area contributed by atoms with Crippen LogP contribution in [0, 0.1) is 0 Å². The van der Waals surface area contributed by atoms with Gasteiger partial charge in [-0.3, -0.25) is 9.20 Å². The summed E-state index contributed by atoms with van der Waals surface area (Å²) in [6.07, 6.45) is -2.46. The molecule has 0 radical (unpaired) electrons. The number of rotatable bonds is 6. The van der Waals surface area contributed by atoms with Gasteiger partial charge in [-0.05, 0) is 36.8 Å². The highest BCUT2D eigenvalue weighted by Crippen LogP contribution is 2.28. The normalized spacial score (nSPS) is 11.7. The number of nitrogens with one attached hydrogen (secondary N) is 1. The number of hydrogen-bond donors (Lipinski definition) is 1. The van der Waals surface area contributed by atoms with Crippen LogP contribution >= 0.6 is 22.9 Å². The average Bonchev–Trinajstić information content (AvgIpc) is 3.35. The SMILES string of the molecule is CCc1nc2cc(Cl)ccn2c1C(=O)NCc1csc(-c2ccc(OC(F)(F)F)cc2)n1. The summed E-state index contributed by atoms with van der Waals surface area (Å²) in [7, 11) is 0. The Morgan fingerprint density at radius 3 is 2.66 bits per heavy atom. The van der Waals surface area contributed by atoms with Crippen LogP contribution in [-0.2, 0) is 13.0 Å². The largest absolute Gasteiger partial charge is 0.573 e. The number of imidazole rings is 1. The fourth-order valence-electron chi connectivity index (χ4n) is 3.13. The molecule has 0 spiro atoms. The minimum Gasteiger partial charge on any atom is -0.406 e. The first-order chi connectivity index (χ1) is 15.2. The molecule has 3 heterocycles. The summed E-state index contributed by atoms with van der Waals surface area (Å²) in [6, 6.07) is 8.84. The van der Waals surface area contributed by atoms with Gasteiger partial charge >= 0.3 is 6.36 Å². The fraction of sp³-hybridized carbons (Fsp3) is 0.190. The molecule has 166 valence electrons. The first-order valence-electron chi connectivity index (χ1n) is 9.49. The number of benzene rings is 1. The van der Waals surface area contributed by atoms with Crippen LogP contribution in [-0.4, -0.2) is 26.6 Å². The van der Waals surface area contributed by atoms with E-state index in [4.69, 9.17) is 11.6 Å². The first kappa shape index (κ1) is 22.1. The summed E-state index contributed by atoms with van der Waals surface area (Å²) in [5.41, 5.74) is 2.96. The van der Waals surface area contributed by atoms with Crippen LogP contribution in [0.25, 0.3) is 16.2 Å². The number of nitrogens with zero attached hydrogens (tertiary/aromatic N) is 3. The molecule has 0 aliphatic carbocycles. The van der Waals surface area contributed by atoms with E-state index in [2.05, 4.69) is 20.0 Å². The monoisotopic (exact) mass is 480 g/mol. The van der Waals surface area contributed by atoms with Crippen molar-refractivity contribution < 1.29 is 22.7 Å². The Balaban J connectivity index is 1.46. The Kier molecular flexibility index (Phi) is 6.07. The van der Waals surface area contributed by atoms with E-state index in [0.717, 1.165) is 0 Å². The lowest BCUT2D eigenvalue weighted by Gasteiger charge is -2.08. The molecule has 6 nitrogen and oxygen atoms in total. The number of pyridine rings is 1. The van der Waals surface area contributed by atoms with Crippen molar-refractivity contribution in [3.63, 3.8) is 0 Å². The number of fused-ring (bicyclic) bond motifs is 1. The van der Waals surface area contributed by atoms with Gasteiger partial charge in [0.05, 0.1) is 17.9 Å². The Morgan fingerprint density at radius 2 is 1.97 bits per heavy atom. The summed E-state index contributed by atoms with van der Waals surface area (Å²) in [6.45, 7) is 2.10. The van der Waals surface area contributed by atoms with Gasteiger partial charge in [0.15, 0.2) is 0 Å². The van der Waals surface area contributed by atoms with Crippen molar-refractivity contribution in [2.24, 2.45) is 0 Å². The Labute approximate surface area is 189 Å². The minimum atomic E-state index is -4.74. The molecule has 0 aliphatic rings. The number of amides is 1. The number of aromatic nitrogens is 3. The molecule has 0 saturated carbocycles. The van der Waals surface area contributed by atoms with Crippen molar-refractivity contribution in [1.82, 2.24) is 19.7 Å². The Hall–Kier alpha value is -3.11. The van der Waals surface area contributed by atoms with Gasteiger partial charge < -0.3 is 10.1 Å². The topological polar surface area (TPSA) is 68.5 Å². The highest BCUT2D eigenvalue weighted by molar-refractivity contribution is 7.13. The number of thiazole rings is 1. The zero-order chi connectivity index (χ0) is 22.9. The van der Waals surface area contributed by atoms with E-state index in [1.54, 1.807) is 28.1 Å². The maximum atomic E-state index is 12.9. The maximum Gasteiger partial charge on any atom is 0.573 e. The smallest absolute Gasteiger partial charge is 0.406 e.